The molecular formula is C25H43NS. The van der Waals surface area contributed by atoms with Gasteiger partial charge in [0.15, 0.2) is 0 Å². The van der Waals surface area contributed by atoms with Crippen LogP contribution in [0.15, 0.2) is 59.4 Å². The summed E-state index contributed by atoms with van der Waals surface area (Å²) in [6, 6.07) is 0.310. The van der Waals surface area contributed by atoms with Crippen LogP contribution in [0.2, 0.25) is 0 Å². The Kier molecular flexibility index (Phi) is 14.2. The Labute approximate surface area is 174 Å². The number of hydrogen-bond acceptors (Lipinski definition) is 2. The number of rotatable bonds is 14. The van der Waals surface area contributed by atoms with Gasteiger partial charge in [0, 0.05) is 17.2 Å². The van der Waals surface area contributed by atoms with E-state index in [0.29, 0.717) is 12.0 Å². The number of thioether (sulfide) groups is 1. The van der Waals surface area contributed by atoms with Gasteiger partial charge in [-0.05, 0) is 66.2 Å². The van der Waals surface area contributed by atoms with Crippen LogP contribution >= 0.6 is 11.8 Å². The highest BCUT2D eigenvalue weighted by molar-refractivity contribution is 7.99. The van der Waals surface area contributed by atoms with Gasteiger partial charge in [0.05, 0.1) is 6.04 Å². The molecule has 0 saturated heterocycles. The van der Waals surface area contributed by atoms with E-state index in [0.717, 1.165) is 36.5 Å². The Morgan fingerprint density at radius 2 is 1.44 bits per heavy atom. The summed E-state index contributed by atoms with van der Waals surface area (Å²) in [5.74, 6) is 2.56. The molecule has 0 bridgehead atoms. The minimum atomic E-state index is 0.310. The topological polar surface area (TPSA) is 12.0 Å². The predicted octanol–water partition coefficient (Wildman–Crippen LogP) is 7.84. The maximum atomic E-state index is 4.13. The maximum absolute atomic E-state index is 4.13. The fourth-order valence-electron chi connectivity index (χ4n) is 2.42. The van der Waals surface area contributed by atoms with Crippen molar-refractivity contribution in [1.82, 2.24) is 5.32 Å². The summed E-state index contributed by atoms with van der Waals surface area (Å²) in [6.45, 7) is 23.5. The fourth-order valence-corrected chi connectivity index (χ4v) is 3.57. The lowest BCUT2D eigenvalue weighted by molar-refractivity contribution is 0.612. The smallest absolute Gasteiger partial charge is 0.0556 e. The monoisotopic (exact) mass is 389 g/mol. The van der Waals surface area contributed by atoms with Crippen molar-refractivity contribution in [2.45, 2.75) is 80.2 Å². The number of hydrogen-bond donors (Lipinski definition) is 1. The Balaban J connectivity index is 4.18. The Bertz CT molecular complexity index is 545. The van der Waals surface area contributed by atoms with E-state index in [9.17, 15) is 0 Å². The molecule has 0 aliphatic heterocycles. The summed E-state index contributed by atoms with van der Waals surface area (Å²) < 4.78 is 0. The van der Waals surface area contributed by atoms with Crippen molar-refractivity contribution in [1.29, 1.82) is 0 Å². The SMILES string of the molecule is C=C(NC(CSC/C=C(\C)CC/C=C(\C)CCC=C(C)C)C(=C)C)C(C)C. The lowest BCUT2D eigenvalue weighted by atomic mass is 10.1. The van der Waals surface area contributed by atoms with Gasteiger partial charge < -0.3 is 5.32 Å². The van der Waals surface area contributed by atoms with Gasteiger partial charge in [-0.15, -0.1) is 0 Å². The second-order valence-electron chi connectivity index (χ2n) is 8.22. The first-order chi connectivity index (χ1) is 12.6. The zero-order valence-electron chi connectivity index (χ0n) is 19.0. The van der Waals surface area contributed by atoms with Gasteiger partial charge >= 0.3 is 0 Å². The lowest BCUT2D eigenvalue weighted by Crippen LogP contribution is -2.33. The van der Waals surface area contributed by atoms with Crippen LogP contribution in [0, 0.1) is 5.92 Å². The van der Waals surface area contributed by atoms with Crippen LogP contribution in [0.4, 0.5) is 0 Å². The molecule has 0 radical (unpaired) electrons. The molecule has 0 heterocycles. The third-order valence-electron chi connectivity index (χ3n) is 4.61. The molecule has 0 aromatic carbocycles. The highest BCUT2D eigenvalue weighted by Crippen LogP contribution is 2.15. The molecule has 0 aliphatic carbocycles. The summed E-state index contributed by atoms with van der Waals surface area (Å²) in [6.07, 6.45) is 11.8. The first kappa shape index (κ1) is 25.9. The summed E-state index contributed by atoms with van der Waals surface area (Å²) in [5.41, 5.74) is 6.69. The lowest BCUT2D eigenvalue weighted by Gasteiger charge is -2.23. The average Bonchev–Trinajstić information content (AvgIpc) is 2.56. The molecule has 1 N–H and O–H groups in total. The second kappa shape index (κ2) is 14.9. The number of nitrogens with one attached hydrogen (secondary N) is 1. The molecule has 1 atom stereocenters. The normalized spacial score (nSPS) is 13.5. The van der Waals surface area contributed by atoms with Gasteiger partial charge in [-0.2, -0.15) is 11.8 Å². The fraction of sp³-hybridized carbons (Fsp3) is 0.600. The van der Waals surface area contributed by atoms with Crippen LogP contribution in [0.25, 0.3) is 0 Å². The zero-order valence-corrected chi connectivity index (χ0v) is 19.8. The summed E-state index contributed by atoms with van der Waals surface area (Å²) in [5, 5.41) is 3.53. The number of allylic oxidation sites excluding steroid dienone is 6. The molecule has 0 spiro atoms. The first-order valence-electron chi connectivity index (χ1n) is 10.3. The van der Waals surface area contributed by atoms with E-state index in [4.69, 9.17) is 0 Å². The van der Waals surface area contributed by atoms with Gasteiger partial charge in [-0.25, -0.2) is 0 Å². The zero-order chi connectivity index (χ0) is 20.8. The predicted molar refractivity (Wildman–Crippen MR) is 128 cm³/mol. The molecule has 0 aliphatic rings. The highest BCUT2D eigenvalue weighted by Gasteiger charge is 2.11. The van der Waals surface area contributed by atoms with Crippen molar-refractivity contribution >= 4 is 11.8 Å². The van der Waals surface area contributed by atoms with Crippen LogP contribution in [0.5, 0.6) is 0 Å². The third kappa shape index (κ3) is 14.6. The van der Waals surface area contributed by atoms with Crippen molar-refractivity contribution in [2.75, 3.05) is 11.5 Å². The van der Waals surface area contributed by atoms with Gasteiger partial charge in [0.1, 0.15) is 0 Å². The van der Waals surface area contributed by atoms with Crippen molar-refractivity contribution in [3.8, 4) is 0 Å². The summed E-state index contributed by atoms with van der Waals surface area (Å²) >= 11 is 1.96. The third-order valence-corrected chi connectivity index (χ3v) is 5.58. The summed E-state index contributed by atoms with van der Waals surface area (Å²) in [4.78, 5) is 0. The molecule has 27 heavy (non-hydrogen) atoms. The largest absolute Gasteiger partial charge is 0.381 e. The van der Waals surface area contributed by atoms with Crippen molar-refractivity contribution in [3.05, 3.63) is 59.4 Å². The van der Waals surface area contributed by atoms with E-state index in [1.807, 2.05) is 11.8 Å². The molecule has 0 aromatic heterocycles. The average molecular weight is 390 g/mol. The van der Waals surface area contributed by atoms with E-state index in [-0.39, 0.29) is 0 Å². The second-order valence-corrected chi connectivity index (χ2v) is 9.30. The molecule has 0 rings (SSSR count). The molecular weight excluding hydrogens is 346 g/mol. The van der Waals surface area contributed by atoms with Crippen molar-refractivity contribution < 1.29 is 0 Å². The van der Waals surface area contributed by atoms with E-state index in [2.05, 4.69) is 85.2 Å². The molecule has 0 aromatic rings. The molecule has 0 amide bonds. The molecule has 0 saturated carbocycles. The van der Waals surface area contributed by atoms with E-state index in [1.54, 1.807) is 0 Å². The Morgan fingerprint density at radius 3 is 1.96 bits per heavy atom. The van der Waals surface area contributed by atoms with Crippen LogP contribution in [0.3, 0.4) is 0 Å². The first-order valence-corrected chi connectivity index (χ1v) is 11.4. The molecule has 0 fully saturated rings. The van der Waals surface area contributed by atoms with Gasteiger partial charge in [0.25, 0.3) is 0 Å². The summed E-state index contributed by atoms with van der Waals surface area (Å²) in [7, 11) is 0. The highest BCUT2D eigenvalue weighted by atomic mass is 32.2. The molecule has 1 unspecified atom stereocenters. The van der Waals surface area contributed by atoms with Crippen LogP contribution in [-0.2, 0) is 0 Å². The molecule has 1 nitrogen and oxygen atoms in total. The Hall–Kier alpha value is -1.15. The quantitative estimate of drug-likeness (QED) is 0.240. The van der Waals surface area contributed by atoms with E-state index < -0.39 is 0 Å². The van der Waals surface area contributed by atoms with Gasteiger partial charge in [0.2, 0.25) is 0 Å². The van der Waals surface area contributed by atoms with E-state index >= 15 is 0 Å². The van der Waals surface area contributed by atoms with Gasteiger partial charge in [-0.1, -0.05) is 67.5 Å². The van der Waals surface area contributed by atoms with E-state index in [1.165, 1.54) is 28.7 Å². The van der Waals surface area contributed by atoms with Crippen molar-refractivity contribution in [2.24, 2.45) is 5.92 Å². The van der Waals surface area contributed by atoms with Crippen LogP contribution < -0.4 is 5.32 Å². The molecule has 154 valence electrons. The van der Waals surface area contributed by atoms with Gasteiger partial charge in [-0.3, -0.25) is 0 Å². The minimum Gasteiger partial charge on any atom is -0.381 e. The standard InChI is InChI=1S/C25H43NS/c1-19(2)12-10-13-22(7)14-11-15-23(8)16-17-27-18-25(21(5)6)26-24(9)20(3)4/h12,14,16,20,25-26H,5,9-11,13,15,17-18H2,1-4,6-8H3/b22-14+,23-16+. The van der Waals surface area contributed by atoms with Crippen LogP contribution in [-0.4, -0.2) is 17.5 Å². The minimum absolute atomic E-state index is 0.310. The maximum Gasteiger partial charge on any atom is 0.0556 e. The molecule has 2 heteroatoms. The van der Waals surface area contributed by atoms with Crippen molar-refractivity contribution in [3.63, 3.8) is 0 Å². The van der Waals surface area contributed by atoms with Crippen LogP contribution in [0.1, 0.15) is 74.1 Å². The Morgan fingerprint density at radius 1 is 0.889 bits per heavy atom.